The molecule has 0 N–H and O–H groups in total. The predicted octanol–water partition coefficient (Wildman–Crippen LogP) is 2.87. The van der Waals surface area contributed by atoms with E-state index in [0.29, 0.717) is 5.89 Å². The van der Waals surface area contributed by atoms with Crippen molar-refractivity contribution in [2.24, 2.45) is 0 Å². The molecule has 0 bridgehead atoms. The Hall–Kier alpha value is -2.02. The van der Waals surface area contributed by atoms with Crippen LogP contribution in [0.5, 0.6) is 0 Å². The summed E-state index contributed by atoms with van der Waals surface area (Å²) in [5, 5.41) is 9.12. The third-order valence-electron chi connectivity index (χ3n) is 2.98. The summed E-state index contributed by atoms with van der Waals surface area (Å²) in [6.07, 6.45) is 0. The Labute approximate surface area is 100 Å². The molecule has 0 radical (unpaired) electrons. The maximum atomic E-state index is 9.12. The smallest absolute Gasteiger partial charge is 0.192 e. The highest BCUT2D eigenvalue weighted by Gasteiger charge is 2.23. The summed E-state index contributed by atoms with van der Waals surface area (Å²) >= 11 is 0. The Morgan fingerprint density at radius 1 is 1.41 bits per heavy atom. The van der Waals surface area contributed by atoms with Crippen LogP contribution >= 0.6 is 0 Å². The molecular formula is C13H15N3O. The van der Waals surface area contributed by atoms with E-state index >= 15 is 0 Å². The maximum Gasteiger partial charge on any atom is 0.192 e. The first kappa shape index (κ1) is 11.5. The van der Waals surface area contributed by atoms with Crippen LogP contribution in [0.1, 0.15) is 19.7 Å². The number of nitrogens with zero attached hydrogens (tertiary/aromatic N) is 3. The highest BCUT2D eigenvalue weighted by molar-refractivity contribution is 5.78. The number of oxazole rings is 1. The molecule has 0 unspecified atom stereocenters. The lowest BCUT2D eigenvalue weighted by Gasteiger charge is -2.31. The molecule has 88 valence electrons. The van der Waals surface area contributed by atoms with Gasteiger partial charge in [-0.3, -0.25) is 0 Å². The van der Waals surface area contributed by atoms with Crippen LogP contribution in [0.15, 0.2) is 22.6 Å². The zero-order valence-electron chi connectivity index (χ0n) is 10.5. The fraction of sp³-hybridized carbons (Fsp3) is 0.385. The summed E-state index contributed by atoms with van der Waals surface area (Å²) in [6, 6.07) is 8.03. The monoisotopic (exact) mass is 229 g/mol. The van der Waals surface area contributed by atoms with Gasteiger partial charge in [0.25, 0.3) is 0 Å². The molecule has 2 rings (SSSR count). The number of nitriles is 1. The van der Waals surface area contributed by atoms with Crippen molar-refractivity contribution in [3.05, 3.63) is 24.1 Å². The molecule has 0 fully saturated rings. The summed E-state index contributed by atoms with van der Waals surface area (Å²) in [6.45, 7) is 5.58. The minimum absolute atomic E-state index is 0.549. The molecule has 0 saturated carbocycles. The van der Waals surface area contributed by atoms with Gasteiger partial charge in [0.2, 0.25) is 0 Å². The fourth-order valence-electron chi connectivity index (χ4n) is 1.64. The van der Waals surface area contributed by atoms with Crippen LogP contribution in [0.3, 0.4) is 0 Å². The van der Waals surface area contributed by atoms with Crippen LogP contribution in [0.4, 0.5) is 5.69 Å². The fourth-order valence-corrected chi connectivity index (χ4v) is 1.64. The zero-order chi connectivity index (χ0) is 12.6. The molecule has 1 heterocycles. The molecule has 4 nitrogen and oxygen atoms in total. The normalized spacial score (nSPS) is 11.5. The van der Waals surface area contributed by atoms with E-state index < -0.39 is 5.54 Å². The topological polar surface area (TPSA) is 53.1 Å². The van der Waals surface area contributed by atoms with Gasteiger partial charge in [0.1, 0.15) is 11.1 Å². The maximum absolute atomic E-state index is 9.12. The Balaban J connectivity index is 2.46. The number of aromatic nitrogens is 1. The molecule has 0 aliphatic carbocycles. The van der Waals surface area contributed by atoms with Gasteiger partial charge in [-0.1, -0.05) is 0 Å². The summed E-state index contributed by atoms with van der Waals surface area (Å²) in [7, 11) is 1.90. The lowest BCUT2D eigenvalue weighted by atomic mass is 10.1. The lowest BCUT2D eigenvalue weighted by molar-refractivity contribution is 0.561. The first-order valence-corrected chi connectivity index (χ1v) is 5.46. The van der Waals surface area contributed by atoms with Gasteiger partial charge >= 0.3 is 0 Å². The van der Waals surface area contributed by atoms with Gasteiger partial charge in [-0.25, -0.2) is 4.98 Å². The van der Waals surface area contributed by atoms with E-state index in [1.807, 2.05) is 50.9 Å². The van der Waals surface area contributed by atoms with Gasteiger partial charge in [-0.15, -0.1) is 0 Å². The van der Waals surface area contributed by atoms with Crippen molar-refractivity contribution >= 4 is 16.8 Å². The van der Waals surface area contributed by atoms with Crippen LogP contribution in [0.2, 0.25) is 0 Å². The summed E-state index contributed by atoms with van der Waals surface area (Å²) in [5.74, 6) is 0.652. The number of hydrogen-bond acceptors (Lipinski definition) is 4. The second-order valence-electron chi connectivity index (χ2n) is 4.61. The average molecular weight is 229 g/mol. The number of anilines is 1. The van der Waals surface area contributed by atoms with Crippen molar-refractivity contribution in [2.75, 3.05) is 11.9 Å². The van der Waals surface area contributed by atoms with Gasteiger partial charge in [0.05, 0.1) is 6.07 Å². The second-order valence-corrected chi connectivity index (χ2v) is 4.61. The van der Waals surface area contributed by atoms with Crippen molar-refractivity contribution in [1.82, 2.24) is 4.98 Å². The molecular weight excluding hydrogens is 214 g/mol. The largest absolute Gasteiger partial charge is 0.441 e. The van der Waals surface area contributed by atoms with Crippen molar-refractivity contribution in [2.45, 2.75) is 26.3 Å². The van der Waals surface area contributed by atoms with Crippen molar-refractivity contribution in [1.29, 1.82) is 5.26 Å². The average Bonchev–Trinajstić information content (AvgIpc) is 2.66. The zero-order valence-corrected chi connectivity index (χ0v) is 10.5. The van der Waals surface area contributed by atoms with Gasteiger partial charge in [0, 0.05) is 19.7 Å². The van der Waals surface area contributed by atoms with Crippen LogP contribution < -0.4 is 4.90 Å². The molecule has 1 aromatic carbocycles. The third kappa shape index (κ3) is 1.96. The molecule has 0 atom stereocenters. The van der Waals surface area contributed by atoms with E-state index in [1.165, 1.54) is 0 Å². The van der Waals surface area contributed by atoms with Crippen LogP contribution in [-0.4, -0.2) is 17.6 Å². The minimum atomic E-state index is -0.549. The van der Waals surface area contributed by atoms with Crippen molar-refractivity contribution < 1.29 is 4.42 Å². The number of aryl methyl sites for hydroxylation is 1. The van der Waals surface area contributed by atoms with Gasteiger partial charge in [-0.2, -0.15) is 5.26 Å². The van der Waals surface area contributed by atoms with E-state index in [2.05, 4.69) is 11.1 Å². The Bertz CT molecular complexity index is 592. The van der Waals surface area contributed by atoms with E-state index in [9.17, 15) is 0 Å². The summed E-state index contributed by atoms with van der Waals surface area (Å²) < 4.78 is 5.42. The lowest BCUT2D eigenvalue weighted by Crippen LogP contribution is -2.39. The van der Waals surface area contributed by atoms with Crippen molar-refractivity contribution in [3.8, 4) is 6.07 Å². The Morgan fingerprint density at radius 2 is 2.12 bits per heavy atom. The first-order valence-electron chi connectivity index (χ1n) is 5.46. The molecule has 2 aromatic rings. The highest BCUT2D eigenvalue weighted by Crippen LogP contribution is 2.26. The van der Waals surface area contributed by atoms with E-state index in [4.69, 9.17) is 9.68 Å². The standard InChI is InChI=1S/C13H15N3O/c1-9-15-11-7-10(5-6-12(11)17-9)16(4)13(2,3)8-14/h5-7H,1-4H3. The van der Waals surface area contributed by atoms with E-state index in [0.717, 1.165) is 16.8 Å². The molecule has 17 heavy (non-hydrogen) atoms. The predicted molar refractivity (Wildman–Crippen MR) is 66.8 cm³/mol. The third-order valence-corrected chi connectivity index (χ3v) is 2.98. The summed E-state index contributed by atoms with van der Waals surface area (Å²) in [5.41, 5.74) is 2.00. The van der Waals surface area contributed by atoms with Crippen molar-refractivity contribution in [3.63, 3.8) is 0 Å². The van der Waals surface area contributed by atoms with Gasteiger partial charge < -0.3 is 9.32 Å². The molecule has 0 amide bonds. The number of rotatable bonds is 2. The highest BCUT2D eigenvalue weighted by atomic mass is 16.3. The Morgan fingerprint density at radius 3 is 2.76 bits per heavy atom. The molecule has 0 aliphatic rings. The molecule has 0 aliphatic heterocycles. The molecule has 4 heteroatoms. The number of fused-ring (bicyclic) bond motifs is 1. The van der Waals surface area contributed by atoms with Gasteiger partial charge in [0.15, 0.2) is 11.5 Å². The quantitative estimate of drug-likeness (QED) is 0.794. The van der Waals surface area contributed by atoms with Crippen LogP contribution in [0, 0.1) is 18.3 Å². The first-order chi connectivity index (χ1) is 7.94. The molecule has 0 spiro atoms. The number of benzene rings is 1. The SMILES string of the molecule is Cc1nc2cc(N(C)C(C)(C)C#N)ccc2o1. The van der Waals surface area contributed by atoms with Crippen LogP contribution in [-0.2, 0) is 0 Å². The second kappa shape index (κ2) is 3.77. The van der Waals surface area contributed by atoms with E-state index in [-0.39, 0.29) is 0 Å². The van der Waals surface area contributed by atoms with Gasteiger partial charge in [-0.05, 0) is 32.0 Å². The van der Waals surface area contributed by atoms with E-state index in [1.54, 1.807) is 0 Å². The number of hydrogen-bond donors (Lipinski definition) is 0. The minimum Gasteiger partial charge on any atom is -0.441 e. The Kier molecular flexibility index (Phi) is 2.55. The molecule has 0 saturated heterocycles. The van der Waals surface area contributed by atoms with Crippen LogP contribution in [0.25, 0.3) is 11.1 Å². The summed E-state index contributed by atoms with van der Waals surface area (Å²) in [4.78, 5) is 6.21. The molecule has 1 aromatic heterocycles.